The van der Waals surface area contributed by atoms with Crippen LogP contribution in [0, 0.1) is 0 Å². The summed E-state index contributed by atoms with van der Waals surface area (Å²) in [5.41, 5.74) is 5.37. The van der Waals surface area contributed by atoms with Crippen molar-refractivity contribution in [1.29, 1.82) is 0 Å². The van der Waals surface area contributed by atoms with E-state index >= 15 is 0 Å². The standard InChI is InChI=1S/C13H24N4O2S.ClH/c14-6-3-7-15-11(18)5-2-1-4-10-12-9(8-20-10)16-13(19)17-12;/h9-10,12H,1-8,14H2,(H,15,18)(H2,16,17,19);1H/t9-,10-,12-;/m0./s1. The van der Waals surface area contributed by atoms with E-state index in [1.165, 1.54) is 0 Å². The minimum atomic E-state index is -0.0374. The molecule has 2 saturated heterocycles. The number of hydrogen-bond donors (Lipinski definition) is 4. The van der Waals surface area contributed by atoms with Crippen molar-refractivity contribution < 1.29 is 9.59 Å². The average Bonchev–Trinajstić information content (AvgIpc) is 2.95. The summed E-state index contributed by atoms with van der Waals surface area (Å²) in [5.74, 6) is 1.11. The van der Waals surface area contributed by atoms with E-state index in [0.717, 1.165) is 31.4 Å². The number of hydrogen-bond acceptors (Lipinski definition) is 4. The van der Waals surface area contributed by atoms with Gasteiger partial charge in [0.15, 0.2) is 0 Å². The molecule has 0 aromatic heterocycles. The number of carbonyl (C=O) groups is 2. The van der Waals surface area contributed by atoms with E-state index in [1.54, 1.807) is 0 Å². The number of urea groups is 1. The topological polar surface area (TPSA) is 96.2 Å². The number of unbranched alkanes of at least 4 members (excludes halogenated alkanes) is 1. The summed E-state index contributed by atoms with van der Waals surface area (Å²) in [6, 6.07) is 0.521. The second-order valence-electron chi connectivity index (χ2n) is 5.36. The van der Waals surface area contributed by atoms with Crippen LogP contribution in [0.15, 0.2) is 0 Å². The van der Waals surface area contributed by atoms with Crippen molar-refractivity contribution in [1.82, 2.24) is 16.0 Å². The Hall–Kier alpha value is -0.660. The molecule has 2 aliphatic heterocycles. The second-order valence-corrected chi connectivity index (χ2v) is 6.63. The molecule has 2 aliphatic rings. The summed E-state index contributed by atoms with van der Waals surface area (Å²) >= 11 is 1.92. The highest BCUT2D eigenvalue weighted by Crippen LogP contribution is 2.33. The summed E-state index contributed by atoms with van der Waals surface area (Å²) in [5, 5.41) is 9.27. The van der Waals surface area contributed by atoms with Crippen LogP contribution in [0.25, 0.3) is 0 Å². The van der Waals surface area contributed by atoms with Crippen molar-refractivity contribution in [2.75, 3.05) is 18.8 Å². The molecule has 3 atom stereocenters. The van der Waals surface area contributed by atoms with Crippen LogP contribution in [0.1, 0.15) is 32.1 Å². The number of carbonyl (C=O) groups excluding carboxylic acids is 2. The zero-order valence-corrected chi connectivity index (χ0v) is 13.7. The molecule has 2 fully saturated rings. The molecule has 0 bridgehead atoms. The van der Waals surface area contributed by atoms with Gasteiger partial charge in [0.2, 0.25) is 5.91 Å². The van der Waals surface area contributed by atoms with Crippen molar-refractivity contribution in [2.45, 2.75) is 49.4 Å². The van der Waals surface area contributed by atoms with E-state index in [4.69, 9.17) is 5.73 Å². The molecule has 8 heteroatoms. The van der Waals surface area contributed by atoms with Crippen molar-refractivity contribution >= 4 is 36.1 Å². The molecular formula is C13H25ClN4O2S. The van der Waals surface area contributed by atoms with Crippen LogP contribution < -0.4 is 21.7 Å². The molecule has 6 nitrogen and oxygen atoms in total. The molecule has 3 amide bonds. The van der Waals surface area contributed by atoms with Gasteiger partial charge in [-0.15, -0.1) is 12.4 Å². The van der Waals surface area contributed by atoms with Gasteiger partial charge in [0.1, 0.15) is 0 Å². The predicted octanol–water partition coefficient (Wildman–Crippen LogP) is 0.599. The highest BCUT2D eigenvalue weighted by molar-refractivity contribution is 8.00. The van der Waals surface area contributed by atoms with E-state index in [1.807, 2.05) is 11.8 Å². The molecule has 0 radical (unpaired) electrons. The first-order chi connectivity index (χ1) is 9.70. The Morgan fingerprint density at radius 1 is 1.33 bits per heavy atom. The largest absolute Gasteiger partial charge is 0.356 e. The maximum absolute atomic E-state index is 11.5. The predicted molar refractivity (Wildman–Crippen MR) is 87.9 cm³/mol. The lowest BCUT2D eigenvalue weighted by Gasteiger charge is -2.16. The molecule has 0 aromatic rings. The molecule has 0 unspecified atom stereocenters. The highest BCUT2D eigenvalue weighted by Gasteiger charge is 2.42. The molecule has 21 heavy (non-hydrogen) atoms. The number of thioether (sulfide) groups is 1. The fraction of sp³-hybridized carbons (Fsp3) is 0.846. The van der Waals surface area contributed by atoms with Crippen LogP contribution in [0.5, 0.6) is 0 Å². The average molecular weight is 337 g/mol. The number of fused-ring (bicyclic) bond motifs is 1. The van der Waals surface area contributed by atoms with Crippen molar-refractivity contribution in [3.8, 4) is 0 Å². The Labute approximate surface area is 136 Å². The first kappa shape index (κ1) is 18.4. The maximum atomic E-state index is 11.5. The fourth-order valence-electron chi connectivity index (χ4n) is 2.69. The Kier molecular flexibility index (Phi) is 8.21. The van der Waals surface area contributed by atoms with Crippen molar-refractivity contribution in [2.24, 2.45) is 5.73 Å². The smallest absolute Gasteiger partial charge is 0.315 e. The Bertz CT molecular complexity index is 359. The number of halogens is 1. The quantitative estimate of drug-likeness (QED) is 0.385. The Morgan fingerprint density at radius 2 is 2.14 bits per heavy atom. The summed E-state index contributed by atoms with van der Waals surface area (Å²) in [7, 11) is 0. The van der Waals surface area contributed by atoms with E-state index in [-0.39, 0.29) is 36.4 Å². The monoisotopic (exact) mass is 336 g/mol. The molecule has 0 spiro atoms. The first-order valence-electron chi connectivity index (χ1n) is 7.36. The van der Waals surface area contributed by atoms with E-state index < -0.39 is 0 Å². The van der Waals surface area contributed by atoms with Crippen LogP contribution in [-0.2, 0) is 4.79 Å². The molecule has 5 N–H and O–H groups in total. The third kappa shape index (κ3) is 5.56. The van der Waals surface area contributed by atoms with Crippen LogP contribution in [0.3, 0.4) is 0 Å². The maximum Gasteiger partial charge on any atom is 0.315 e. The molecule has 0 aromatic carbocycles. The van der Waals surface area contributed by atoms with Crippen LogP contribution in [-0.4, -0.2) is 48.1 Å². The SMILES string of the molecule is Cl.NCCCNC(=O)CCCC[C@@H]1SC[C@@H]2NC(=O)N[C@@H]21. The molecule has 2 heterocycles. The lowest BCUT2D eigenvalue weighted by atomic mass is 10.0. The van der Waals surface area contributed by atoms with Crippen LogP contribution in [0.2, 0.25) is 0 Å². The fourth-order valence-corrected chi connectivity index (χ4v) is 4.24. The van der Waals surface area contributed by atoms with Gasteiger partial charge >= 0.3 is 6.03 Å². The molecule has 122 valence electrons. The second kappa shape index (κ2) is 9.38. The number of nitrogens with one attached hydrogen (secondary N) is 3. The Balaban J connectivity index is 0.00000220. The van der Waals surface area contributed by atoms with Crippen molar-refractivity contribution in [3.05, 3.63) is 0 Å². The summed E-state index contributed by atoms with van der Waals surface area (Å²) < 4.78 is 0. The Morgan fingerprint density at radius 3 is 2.90 bits per heavy atom. The third-order valence-electron chi connectivity index (χ3n) is 3.78. The lowest BCUT2D eigenvalue weighted by molar-refractivity contribution is -0.121. The summed E-state index contributed by atoms with van der Waals surface area (Å²) in [6.45, 7) is 1.29. The van der Waals surface area contributed by atoms with Gasteiger partial charge in [0.05, 0.1) is 12.1 Å². The molecule has 2 rings (SSSR count). The van der Waals surface area contributed by atoms with Gasteiger partial charge in [-0.1, -0.05) is 6.42 Å². The zero-order chi connectivity index (χ0) is 14.4. The number of rotatable bonds is 8. The minimum Gasteiger partial charge on any atom is -0.356 e. The van der Waals surface area contributed by atoms with Crippen molar-refractivity contribution in [3.63, 3.8) is 0 Å². The van der Waals surface area contributed by atoms with Gasteiger partial charge in [-0.2, -0.15) is 11.8 Å². The molecular weight excluding hydrogens is 312 g/mol. The third-order valence-corrected chi connectivity index (χ3v) is 5.29. The summed E-state index contributed by atoms with van der Waals surface area (Å²) in [4.78, 5) is 22.8. The molecule has 0 aliphatic carbocycles. The van der Waals surface area contributed by atoms with E-state index in [0.29, 0.717) is 24.8 Å². The van der Waals surface area contributed by atoms with Gasteiger partial charge in [-0.3, -0.25) is 4.79 Å². The zero-order valence-electron chi connectivity index (χ0n) is 12.1. The highest BCUT2D eigenvalue weighted by atomic mass is 35.5. The molecule has 0 saturated carbocycles. The van der Waals surface area contributed by atoms with Gasteiger partial charge in [0, 0.05) is 24.0 Å². The number of nitrogens with two attached hydrogens (primary N) is 1. The normalized spacial score (nSPS) is 26.5. The van der Waals surface area contributed by atoms with E-state index in [9.17, 15) is 9.59 Å². The number of amides is 3. The first-order valence-corrected chi connectivity index (χ1v) is 8.41. The van der Waals surface area contributed by atoms with E-state index in [2.05, 4.69) is 16.0 Å². The van der Waals surface area contributed by atoms with Crippen LogP contribution in [0.4, 0.5) is 4.79 Å². The van der Waals surface area contributed by atoms with Gasteiger partial charge < -0.3 is 21.7 Å². The lowest BCUT2D eigenvalue weighted by Crippen LogP contribution is -2.36. The summed E-state index contributed by atoms with van der Waals surface area (Å²) in [6.07, 6.45) is 4.41. The van der Waals surface area contributed by atoms with Gasteiger partial charge in [0.25, 0.3) is 0 Å². The van der Waals surface area contributed by atoms with Gasteiger partial charge in [-0.05, 0) is 25.8 Å². The minimum absolute atomic E-state index is 0. The van der Waals surface area contributed by atoms with Gasteiger partial charge in [-0.25, -0.2) is 4.79 Å². The van der Waals surface area contributed by atoms with Crippen LogP contribution >= 0.6 is 24.2 Å².